The molecule has 0 amide bonds. The monoisotopic (exact) mass is 272 g/mol. The van der Waals surface area contributed by atoms with Gasteiger partial charge in [-0.25, -0.2) is 4.68 Å². The first-order valence-electron chi connectivity index (χ1n) is 7.00. The molecule has 20 heavy (non-hydrogen) atoms. The predicted molar refractivity (Wildman–Crippen MR) is 79.1 cm³/mol. The van der Waals surface area contributed by atoms with E-state index < -0.39 is 0 Å². The van der Waals surface area contributed by atoms with Crippen LogP contribution >= 0.6 is 0 Å². The second-order valence-corrected chi connectivity index (χ2v) is 4.56. The van der Waals surface area contributed by atoms with Crippen LogP contribution in [0.15, 0.2) is 42.0 Å². The summed E-state index contributed by atoms with van der Waals surface area (Å²) in [5, 5.41) is 11.6. The van der Waals surface area contributed by atoms with Gasteiger partial charge in [0, 0.05) is 0 Å². The standard InChI is InChI=1S/C15H20N4O/c1-2-3-4-5-10-20-15-8-6-14(7-9-15)11-18-19-12-16-17-13-19/h6-9,11-13H,2-5,10H2,1H3/b18-11-. The lowest BCUT2D eigenvalue weighted by Crippen LogP contribution is -1.97. The molecule has 0 N–H and O–H groups in total. The van der Waals surface area contributed by atoms with Gasteiger partial charge in [-0.05, 0) is 36.2 Å². The molecule has 0 spiro atoms. The van der Waals surface area contributed by atoms with Gasteiger partial charge < -0.3 is 4.74 Å². The van der Waals surface area contributed by atoms with Gasteiger partial charge in [0.2, 0.25) is 0 Å². The topological polar surface area (TPSA) is 52.3 Å². The maximum atomic E-state index is 5.69. The van der Waals surface area contributed by atoms with Crippen molar-refractivity contribution >= 4 is 6.21 Å². The van der Waals surface area contributed by atoms with Gasteiger partial charge in [0.05, 0.1) is 12.8 Å². The lowest BCUT2D eigenvalue weighted by Gasteiger charge is -2.05. The Hall–Kier alpha value is -2.17. The lowest BCUT2D eigenvalue weighted by atomic mass is 10.2. The third-order valence-electron chi connectivity index (χ3n) is 2.89. The molecule has 0 bridgehead atoms. The second-order valence-electron chi connectivity index (χ2n) is 4.56. The fraction of sp³-hybridized carbons (Fsp3) is 0.400. The molecule has 0 atom stereocenters. The minimum atomic E-state index is 0.786. The molecule has 0 unspecified atom stereocenters. The molecule has 2 aromatic rings. The van der Waals surface area contributed by atoms with E-state index in [0.717, 1.165) is 24.3 Å². The lowest BCUT2D eigenvalue weighted by molar-refractivity contribution is 0.305. The van der Waals surface area contributed by atoms with Crippen molar-refractivity contribution in [2.75, 3.05) is 6.61 Å². The number of benzene rings is 1. The third kappa shape index (κ3) is 4.84. The first-order chi connectivity index (χ1) is 9.88. The van der Waals surface area contributed by atoms with E-state index in [9.17, 15) is 0 Å². The second kappa shape index (κ2) is 8.09. The van der Waals surface area contributed by atoms with E-state index >= 15 is 0 Å². The summed E-state index contributed by atoms with van der Waals surface area (Å²) in [7, 11) is 0. The SMILES string of the molecule is CCCCCCOc1ccc(/C=N\n2cnnc2)cc1. The highest BCUT2D eigenvalue weighted by molar-refractivity contribution is 5.79. The fourth-order valence-corrected chi connectivity index (χ4v) is 1.76. The summed E-state index contributed by atoms with van der Waals surface area (Å²) in [6, 6.07) is 7.89. The van der Waals surface area contributed by atoms with E-state index in [1.54, 1.807) is 23.5 Å². The van der Waals surface area contributed by atoms with Crippen LogP contribution in [0.1, 0.15) is 38.2 Å². The van der Waals surface area contributed by atoms with Gasteiger partial charge in [0.25, 0.3) is 0 Å². The average Bonchev–Trinajstić information content (AvgIpc) is 2.99. The van der Waals surface area contributed by atoms with Crippen LogP contribution in [0.2, 0.25) is 0 Å². The fourth-order valence-electron chi connectivity index (χ4n) is 1.76. The molecule has 5 heteroatoms. The van der Waals surface area contributed by atoms with Crippen molar-refractivity contribution in [3.8, 4) is 5.75 Å². The zero-order chi connectivity index (χ0) is 14.0. The van der Waals surface area contributed by atoms with E-state index in [2.05, 4.69) is 22.2 Å². The van der Waals surface area contributed by atoms with Gasteiger partial charge in [0.1, 0.15) is 18.4 Å². The molecule has 0 aliphatic heterocycles. The minimum Gasteiger partial charge on any atom is -0.494 e. The van der Waals surface area contributed by atoms with Crippen LogP contribution in [0.25, 0.3) is 0 Å². The zero-order valence-corrected chi connectivity index (χ0v) is 11.8. The molecule has 106 valence electrons. The van der Waals surface area contributed by atoms with E-state index in [1.807, 2.05) is 24.3 Å². The molecular formula is C15H20N4O. The third-order valence-corrected chi connectivity index (χ3v) is 2.89. The largest absolute Gasteiger partial charge is 0.494 e. The van der Waals surface area contributed by atoms with Crippen LogP contribution in [0.5, 0.6) is 5.75 Å². The van der Waals surface area contributed by atoms with Crippen LogP contribution in [-0.2, 0) is 0 Å². The number of unbranched alkanes of at least 4 members (excludes halogenated alkanes) is 3. The number of nitrogens with zero attached hydrogens (tertiary/aromatic N) is 4. The smallest absolute Gasteiger partial charge is 0.141 e. The van der Waals surface area contributed by atoms with E-state index in [-0.39, 0.29) is 0 Å². The van der Waals surface area contributed by atoms with Crippen molar-refractivity contribution in [3.05, 3.63) is 42.5 Å². The quantitative estimate of drug-likeness (QED) is 0.548. The summed E-state index contributed by atoms with van der Waals surface area (Å²) in [5.41, 5.74) is 1.01. The van der Waals surface area contributed by atoms with Gasteiger partial charge in [-0.3, -0.25) is 0 Å². The number of hydrogen-bond acceptors (Lipinski definition) is 4. The Balaban J connectivity index is 1.78. The summed E-state index contributed by atoms with van der Waals surface area (Å²) in [5.74, 6) is 0.906. The van der Waals surface area contributed by atoms with Crippen LogP contribution in [0.4, 0.5) is 0 Å². The Morgan fingerprint density at radius 2 is 1.85 bits per heavy atom. The van der Waals surface area contributed by atoms with Crippen molar-refractivity contribution < 1.29 is 4.74 Å². The Bertz CT molecular complexity index is 505. The Labute approximate surface area is 119 Å². The number of rotatable bonds is 8. The predicted octanol–water partition coefficient (Wildman–Crippen LogP) is 3.12. The van der Waals surface area contributed by atoms with Crippen molar-refractivity contribution in [2.24, 2.45) is 5.10 Å². The van der Waals surface area contributed by atoms with Crippen LogP contribution in [0, 0.1) is 0 Å². The summed E-state index contributed by atoms with van der Waals surface area (Å²) < 4.78 is 7.24. The van der Waals surface area contributed by atoms with Gasteiger partial charge >= 0.3 is 0 Å². The summed E-state index contributed by atoms with van der Waals surface area (Å²) in [6.07, 6.45) is 9.73. The molecule has 1 heterocycles. The molecule has 0 saturated heterocycles. The molecule has 0 saturated carbocycles. The highest BCUT2D eigenvalue weighted by atomic mass is 16.5. The first kappa shape index (κ1) is 14.2. The highest BCUT2D eigenvalue weighted by Crippen LogP contribution is 2.12. The van der Waals surface area contributed by atoms with E-state index in [1.165, 1.54) is 19.3 Å². The van der Waals surface area contributed by atoms with Crippen LogP contribution in [0.3, 0.4) is 0 Å². The molecule has 1 aromatic heterocycles. The summed E-state index contributed by atoms with van der Waals surface area (Å²) >= 11 is 0. The van der Waals surface area contributed by atoms with Crippen molar-refractivity contribution in [2.45, 2.75) is 32.6 Å². The maximum absolute atomic E-state index is 5.69. The van der Waals surface area contributed by atoms with Crippen LogP contribution < -0.4 is 4.74 Å². The average molecular weight is 272 g/mol. The number of ether oxygens (including phenoxy) is 1. The summed E-state index contributed by atoms with van der Waals surface area (Å²) in [4.78, 5) is 0. The molecule has 0 radical (unpaired) electrons. The number of hydrogen-bond donors (Lipinski definition) is 0. The van der Waals surface area contributed by atoms with Crippen LogP contribution in [-0.4, -0.2) is 27.7 Å². The number of aromatic nitrogens is 3. The molecular weight excluding hydrogens is 252 g/mol. The first-order valence-corrected chi connectivity index (χ1v) is 7.00. The molecule has 2 rings (SSSR count). The normalized spacial score (nSPS) is 11.1. The summed E-state index contributed by atoms with van der Waals surface area (Å²) in [6.45, 7) is 3.00. The van der Waals surface area contributed by atoms with E-state index in [0.29, 0.717) is 0 Å². The van der Waals surface area contributed by atoms with Crippen molar-refractivity contribution in [1.29, 1.82) is 0 Å². The minimum absolute atomic E-state index is 0.786. The Morgan fingerprint density at radius 1 is 1.10 bits per heavy atom. The molecule has 0 aliphatic carbocycles. The zero-order valence-electron chi connectivity index (χ0n) is 11.8. The highest BCUT2D eigenvalue weighted by Gasteiger charge is 1.94. The molecule has 5 nitrogen and oxygen atoms in total. The molecule has 1 aromatic carbocycles. The molecule has 0 aliphatic rings. The van der Waals surface area contributed by atoms with Gasteiger partial charge in [-0.2, -0.15) is 5.10 Å². The van der Waals surface area contributed by atoms with Gasteiger partial charge in [-0.1, -0.05) is 26.2 Å². The van der Waals surface area contributed by atoms with Gasteiger partial charge in [0.15, 0.2) is 0 Å². The Morgan fingerprint density at radius 3 is 2.55 bits per heavy atom. The Kier molecular flexibility index (Phi) is 5.76. The van der Waals surface area contributed by atoms with Gasteiger partial charge in [-0.15, -0.1) is 10.2 Å². The molecule has 0 fully saturated rings. The maximum Gasteiger partial charge on any atom is 0.141 e. The van der Waals surface area contributed by atoms with Crippen molar-refractivity contribution in [1.82, 2.24) is 14.9 Å². The van der Waals surface area contributed by atoms with Crippen molar-refractivity contribution in [3.63, 3.8) is 0 Å². The van der Waals surface area contributed by atoms with E-state index in [4.69, 9.17) is 4.74 Å².